The lowest BCUT2D eigenvalue weighted by molar-refractivity contribution is 0.0949. The van der Waals surface area contributed by atoms with Gasteiger partial charge in [-0.25, -0.2) is 0 Å². The van der Waals surface area contributed by atoms with Crippen LogP contribution in [-0.4, -0.2) is 15.9 Å². The smallest absolute Gasteiger partial charge is 0.261 e. The van der Waals surface area contributed by atoms with Crippen molar-refractivity contribution < 1.29 is 4.79 Å². The molecular weight excluding hydrogens is 266 g/mol. The number of rotatable bonds is 3. The molecule has 1 aliphatic carbocycles. The number of nitrogens with one attached hydrogen (secondary N) is 2. The second kappa shape index (κ2) is 5.91. The fourth-order valence-corrected chi connectivity index (χ4v) is 2.62. The number of hydrogen-bond acceptors (Lipinski definition) is 3. The quantitative estimate of drug-likeness (QED) is 0.898. The first-order valence-electron chi connectivity index (χ1n) is 7.16. The molecule has 0 radical (unpaired) electrons. The summed E-state index contributed by atoms with van der Waals surface area (Å²) in [5.41, 5.74) is 2.86. The number of nitrogens with zero attached hydrogens (tertiary/aromatic N) is 1. The summed E-state index contributed by atoms with van der Waals surface area (Å²) in [6, 6.07) is 5.43. The van der Waals surface area contributed by atoms with E-state index in [1.807, 2.05) is 12.1 Å². The molecule has 0 atom stereocenters. The fraction of sp³-hybridized carbons (Fsp3) is 0.312. The van der Waals surface area contributed by atoms with Crippen molar-refractivity contribution in [1.29, 1.82) is 0 Å². The van der Waals surface area contributed by atoms with E-state index in [1.54, 1.807) is 18.5 Å². The number of pyridine rings is 2. The fourth-order valence-electron chi connectivity index (χ4n) is 2.62. The number of H-pyrrole nitrogens is 1. The van der Waals surface area contributed by atoms with Gasteiger partial charge in [0.05, 0.1) is 0 Å². The molecule has 0 saturated carbocycles. The van der Waals surface area contributed by atoms with Crippen LogP contribution in [0.15, 0.2) is 35.4 Å². The van der Waals surface area contributed by atoms with Crippen LogP contribution in [0.1, 0.15) is 40.0 Å². The first-order valence-corrected chi connectivity index (χ1v) is 7.16. The minimum Gasteiger partial charge on any atom is -0.348 e. The standard InChI is InChI=1S/C16H17N3O2/c20-15(18-10-11-4-3-7-17-9-11)13-8-12-5-1-2-6-14(12)19-16(13)21/h3-4,7-9H,1-2,5-6,10H2,(H,18,20)(H,19,21). The van der Waals surface area contributed by atoms with Gasteiger partial charge in [-0.1, -0.05) is 6.07 Å². The molecule has 0 fully saturated rings. The van der Waals surface area contributed by atoms with Crippen molar-refractivity contribution in [3.05, 3.63) is 63.3 Å². The van der Waals surface area contributed by atoms with E-state index in [-0.39, 0.29) is 17.0 Å². The molecule has 1 amide bonds. The third kappa shape index (κ3) is 3.02. The molecule has 5 nitrogen and oxygen atoms in total. The van der Waals surface area contributed by atoms with Crippen LogP contribution in [0.25, 0.3) is 0 Å². The Morgan fingerprint density at radius 1 is 1.33 bits per heavy atom. The summed E-state index contributed by atoms with van der Waals surface area (Å²) in [7, 11) is 0. The van der Waals surface area contributed by atoms with Crippen molar-refractivity contribution in [2.75, 3.05) is 0 Å². The average molecular weight is 283 g/mol. The molecule has 1 aliphatic rings. The van der Waals surface area contributed by atoms with Crippen molar-refractivity contribution in [3.63, 3.8) is 0 Å². The van der Waals surface area contributed by atoms with E-state index in [0.717, 1.165) is 42.5 Å². The van der Waals surface area contributed by atoms with Crippen LogP contribution < -0.4 is 10.9 Å². The summed E-state index contributed by atoms with van der Waals surface area (Å²) >= 11 is 0. The summed E-state index contributed by atoms with van der Waals surface area (Å²) in [5.74, 6) is -0.339. The van der Waals surface area contributed by atoms with Crippen LogP contribution in [0.2, 0.25) is 0 Å². The molecule has 2 aromatic rings. The third-order valence-corrected chi connectivity index (χ3v) is 3.76. The normalized spacial score (nSPS) is 13.5. The molecule has 3 rings (SSSR count). The van der Waals surface area contributed by atoms with Crippen molar-refractivity contribution in [2.24, 2.45) is 0 Å². The van der Waals surface area contributed by atoms with Crippen LogP contribution in [0.5, 0.6) is 0 Å². The molecule has 0 saturated heterocycles. The number of carbonyl (C=O) groups is 1. The van der Waals surface area contributed by atoms with Gasteiger partial charge in [0.1, 0.15) is 5.56 Å². The van der Waals surface area contributed by atoms with E-state index < -0.39 is 0 Å². The van der Waals surface area contributed by atoms with E-state index in [2.05, 4.69) is 15.3 Å². The predicted molar refractivity (Wildman–Crippen MR) is 79.1 cm³/mol. The highest BCUT2D eigenvalue weighted by Gasteiger charge is 2.16. The van der Waals surface area contributed by atoms with Gasteiger partial charge in [0, 0.05) is 24.6 Å². The molecule has 0 spiro atoms. The van der Waals surface area contributed by atoms with E-state index in [0.29, 0.717) is 6.54 Å². The van der Waals surface area contributed by atoms with E-state index in [1.165, 1.54) is 0 Å². The molecule has 2 N–H and O–H groups in total. The summed E-state index contributed by atoms with van der Waals surface area (Å²) in [6.45, 7) is 0.364. The van der Waals surface area contributed by atoms with Gasteiger partial charge in [0.15, 0.2) is 0 Å². The van der Waals surface area contributed by atoms with Crippen LogP contribution in [0.3, 0.4) is 0 Å². The zero-order valence-corrected chi connectivity index (χ0v) is 11.7. The highest BCUT2D eigenvalue weighted by molar-refractivity contribution is 5.94. The van der Waals surface area contributed by atoms with Gasteiger partial charge in [-0.2, -0.15) is 0 Å². The van der Waals surface area contributed by atoms with Crippen LogP contribution in [-0.2, 0) is 19.4 Å². The molecular formula is C16H17N3O2. The number of aryl methyl sites for hydroxylation is 2. The molecule has 0 bridgehead atoms. The second-order valence-electron chi connectivity index (χ2n) is 5.27. The lowest BCUT2D eigenvalue weighted by Crippen LogP contribution is -2.30. The molecule has 108 valence electrons. The van der Waals surface area contributed by atoms with Crippen molar-refractivity contribution in [2.45, 2.75) is 32.2 Å². The Morgan fingerprint density at radius 2 is 2.19 bits per heavy atom. The van der Waals surface area contributed by atoms with E-state index in [9.17, 15) is 9.59 Å². The molecule has 2 aromatic heterocycles. The van der Waals surface area contributed by atoms with Crippen molar-refractivity contribution in [3.8, 4) is 0 Å². The van der Waals surface area contributed by atoms with Gasteiger partial charge >= 0.3 is 0 Å². The van der Waals surface area contributed by atoms with E-state index >= 15 is 0 Å². The van der Waals surface area contributed by atoms with Crippen LogP contribution in [0, 0.1) is 0 Å². The maximum atomic E-state index is 12.2. The van der Waals surface area contributed by atoms with Crippen molar-refractivity contribution in [1.82, 2.24) is 15.3 Å². The largest absolute Gasteiger partial charge is 0.348 e. The third-order valence-electron chi connectivity index (χ3n) is 3.76. The average Bonchev–Trinajstić information content (AvgIpc) is 2.53. The number of aromatic amines is 1. The second-order valence-corrected chi connectivity index (χ2v) is 5.27. The maximum Gasteiger partial charge on any atom is 0.261 e. The lowest BCUT2D eigenvalue weighted by atomic mass is 9.95. The van der Waals surface area contributed by atoms with Gasteiger partial charge < -0.3 is 10.3 Å². The van der Waals surface area contributed by atoms with Gasteiger partial charge in [-0.15, -0.1) is 0 Å². The van der Waals surface area contributed by atoms with E-state index in [4.69, 9.17) is 0 Å². The number of carbonyl (C=O) groups excluding carboxylic acids is 1. The number of hydrogen-bond donors (Lipinski definition) is 2. The first kappa shape index (κ1) is 13.5. The number of amides is 1. The van der Waals surface area contributed by atoms with Gasteiger partial charge in [0.2, 0.25) is 0 Å². The maximum absolute atomic E-state index is 12.2. The Balaban J connectivity index is 1.77. The minimum atomic E-state index is -0.339. The molecule has 2 heterocycles. The Kier molecular flexibility index (Phi) is 3.81. The van der Waals surface area contributed by atoms with Gasteiger partial charge in [-0.3, -0.25) is 14.6 Å². The zero-order chi connectivity index (χ0) is 14.7. The highest BCUT2D eigenvalue weighted by Crippen LogP contribution is 2.18. The lowest BCUT2D eigenvalue weighted by Gasteiger charge is -2.15. The Hall–Kier alpha value is -2.43. The molecule has 5 heteroatoms. The van der Waals surface area contributed by atoms with Crippen LogP contribution in [0.4, 0.5) is 0 Å². The molecule has 0 aromatic carbocycles. The van der Waals surface area contributed by atoms with Gasteiger partial charge in [-0.05, 0) is 48.9 Å². The molecule has 0 unspecified atom stereocenters. The predicted octanol–water partition coefficient (Wildman–Crippen LogP) is 1.58. The zero-order valence-electron chi connectivity index (χ0n) is 11.7. The summed E-state index contributed by atoms with van der Waals surface area (Å²) < 4.78 is 0. The monoisotopic (exact) mass is 283 g/mol. The SMILES string of the molecule is O=C(NCc1cccnc1)c1cc2c([nH]c1=O)CCCC2. The highest BCUT2D eigenvalue weighted by atomic mass is 16.2. The van der Waals surface area contributed by atoms with Crippen molar-refractivity contribution >= 4 is 5.91 Å². The summed E-state index contributed by atoms with van der Waals surface area (Å²) in [6.07, 6.45) is 7.39. The summed E-state index contributed by atoms with van der Waals surface area (Å²) in [4.78, 5) is 31.0. The number of aromatic nitrogens is 2. The Morgan fingerprint density at radius 3 is 3.00 bits per heavy atom. The topological polar surface area (TPSA) is 74.8 Å². The van der Waals surface area contributed by atoms with Crippen LogP contribution >= 0.6 is 0 Å². The Bertz CT molecular complexity index is 707. The summed E-state index contributed by atoms with van der Waals surface area (Å²) in [5, 5.41) is 2.76. The minimum absolute atomic E-state index is 0.194. The molecule has 0 aliphatic heterocycles. The Labute approximate surface area is 122 Å². The number of fused-ring (bicyclic) bond motifs is 1. The first-order chi connectivity index (χ1) is 10.2. The molecule has 21 heavy (non-hydrogen) atoms. The van der Waals surface area contributed by atoms with Gasteiger partial charge in [0.25, 0.3) is 11.5 Å².